The lowest BCUT2D eigenvalue weighted by Gasteiger charge is -2.06. The first-order valence-electron chi connectivity index (χ1n) is 6.69. The molecule has 0 spiro atoms. The van der Waals surface area contributed by atoms with E-state index < -0.39 is 0 Å². The smallest absolute Gasteiger partial charge is 0.257 e. The van der Waals surface area contributed by atoms with E-state index in [2.05, 4.69) is 10.3 Å². The average molecular weight is 290 g/mol. The van der Waals surface area contributed by atoms with E-state index in [9.17, 15) is 9.18 Å². The number of hydrogen-bond donors (Lipinski definition) is 1. The quantitative estimate of drug-likeness (QED) is 0.916. The van der Waals surface area contributed by atoms with Gasteiger partial charge < -0.3 is 0 Å². The first-order chi connectivity index (χ1) is 9.63. The van der Waals surface area contributed by atoms with Crippen molar-refractivity contribution in [3.63, 3.8) is 0 Å². The van der Waals surface area contributed by atoms with Gasteiger partial charge in [-0.25, -0.2) is 9.37 Å². The van der Waals surface area contributed by atoms with Crippen LogP contribution in [0.15, 0.2) is 18.2 Å². The summed E-state index contributed by atoms with van der Waals surface area (Å²) in [6.45, 7) is 1.65. The highest BCUT2D eigenvalue weighted by Gasteiger charge is 2.17. The number of nitrogens with zero attached hydrogens (tertiary/aromatic N) is 1. The molecule has 1 amide bonds. The maximum Gasteiger partial charge on any atom is 0.257 e. The summed E-state index contributed by atoms with van der Waals surface area (Å²) in [7, 11) is 0. The number of rotatable bonds is 2. The molecule has 0 radical (unpaired) electrons. The lowest BCUT2D eigenvalue weighted by molar-refractivity contribution is 0.102. The Morgan fingerprint density at radius 1 is 1.35 bits per heavy atom. The second-order valence-corrected chi connectivity index (χ2v) is 6.10. The Labute approximate surface area is 120 Å². The second kappa shape index (κ2) is 5.32. The number of nitrogens with one attached hydrogen (secondary N) is 1. The van der Waals surface area contributed by atoms with Gasteiger partial charge in [-0.2, -0.15) is 0 Å². The summed E-state index contributed by atoms with van der Waals surface area (Å²) >= 11 is 1.55. The van der Waals surface area contributed by atoms with Gasteiger partial charge in [0.05, 0.1) is 5.69 Å². The fraction of sp³-hybridized carbons (Fsp3) is 0.333. The molecule has 2 aromatic rings. The third-order valence-corrected chi connectivity index (χ3v) is 4.56. The minimum atomic E-state index is -0.300. The minimum absolute atomic E-state index is 0.237. The molecule has 1 N–H and O–H groups in total. The van der Waals surface area contributed by atoms with Crippen LogP contribution in [0.5, 0.6) is 0 Å². The Kier molecular flexibility index (Phi) is 3.53. The minimum Gasteiger partial charge on any atom is -0.298 e. The van der Waals surface area contributed by atoms with Crippen LogP contribution in [0.25, 0.3) is 0 Å². The zero-order chi connectivity index (χ0) is 14.1. The van der Waals surface area contributed by atoms with Crippen LogP contribution < -0.4 is 5.32 Å². The molecule has 0 atom stereocenters. The van der Waals surface area contributed by atoms with Crippen molar-refractivity contribution in [2.75, 3.05) is 5.32 Å². The number of aryl methyl sites for hydroxylation is 3. The van der Waals surface area contributed by atoms with Gasteiger partial charge in [-0.1, -0.05) is 0 Å². The first kappa shape index (κ1) is 13.2. The number of fused-ring (bicyclic) bond motifs is 1. The molecular formula is C15H15FN2OS. The highest BCUT2D eigenvalue weighted by molar-refractivity contribution is 7.15. The predicted molar refractivity (Wildman–Crippen MR) is 77.8 cm³/mol. The number of anilines is 1. The van der Waals surface area contributed by atoms with Crippen molar-refractivity contribution >= 4 is 22.4 Å². The molecule has 0 aliphatic heterocycles. The summed E-state index contributed by atoms with van der Waals surface area (Å²) in [5.41, 5.74) is 2.04. The molecule has 3 nitrogen and oxygen atoms in total. The number of thiazole rings is 1. The molecule has 1 aliphatic rings. The SMILES string of the molecule is Cc1cc(C(=O)Nc2nc3c(s2)CCCC3)ccc1F. The summed E-state index contributed by atoms with van der Waals surface area (Å²) in [4.78, 5) is 17.9. The lowest BCUT2D eigenvalue weighted by Crippen LogP contribution is -2.12. The van der Waals surface area contributed by atoms with Crippen LogP contribution in [0.4, 0.5) is 9.52 Å². The van der Waals surface area contributed by atoms with Crippen molar-refractivity contribution in [1.29, 1.82) is 0 Å². The van der Waals surface area contributed by atoms with Gasteiger partial charge in [0, 0.05) is 10.4 Å². The number of aromatic nitrogens is 1. The fourth-order valence-electron chi connectivity index (χ4n) is 2.36. The van der Waals surface area contributed by atoms with Crippen LogP contribution in [0.2, 0.25) is 0 Å². The molecule has 0 saturated carbocycles. The van der Waals surface area contributed by atoms with E-state index in [1.54, 1.807) is 24.3 Å². The van der Waals surface area contributed by atoms with E-state index >= 15 is 0 Å². The van der Waals surface area contributed by atoms with Crippen molar-refractivity contribution in [3.8, 4) is 0 Å². The summed E-state index contributed by atoms with van der Waals surface area (Å²) in [5.74, 6) is -0.537. The molecule has 3 rings (SSSR count). The summed E-state index contributed by atoms with van der Waals surface area (Å²) < 4.78 is 13.2. The molecule has 0 unspecified atom stereocenters. The highest BCUT2D eigenvalue weighted by Crippen LogP contribution is 2.29. The number of hydrogen-bond acceptors (Lipinski definition) is 3. The second-order valence-electron chi connectivity index (χ2n) is 5.01. The molecule has 104 valence electrons. The Morgan fingerprint density at radius 3 is 2.90 bits per heavy atom. The lowest BCUT2D eigenvalue weighted by atomic mass is 10.0. The molecule has 0 bridgehead atoms. The third kappa shape index (κ3) is 2.58. The van der Waals surface area contributed by atoms with Crippen LogP contribution in [0.1, 0.15) is 39.3 Å². The number of amides is 1. The average Bonchev–Trinajstić information content (AvgIpc) is 2.83. The summed E-state index contributed by atoms with van der Waals surface area (Å²) in [6.07, 6.45) is 4.41. The maximum atomic E-state index is 13.2. The molecule has 1 heterocycles. The van der Waals surface area contributed by atoms with Crippen molar-refractivity contribution in [1.82, 2.24) is 4.98 Å². The van der Waals surface area contributed by atoms with Gasteiger partial charge >= 0.3 is 0 Å². The Hall–Kier alpha value is -1.75. The summed E-state index contributed by atoms with van der Waals surface area (Å²) in [6, 6.07) is 4.36. The van der Waals surface area contributed by atoms with Crippen LogP contribution in [-0.2, 0) is 12.8 Å². The van der Waals surface area contributed by atoms with Crippen molar-refractivity contribution < 1.29 is 9.18 Å². The van der Waals surface area contributed by atoms with Gasteiger partial charge in [-0.15, -0.1) is 11.3 Å². The zero-order valence-corrected chi connectivity index (χ0v) is 12.0. The third-order valence-electron chi connectivity index (χ3n) is 3.49. The van der Waals surface area contributed by atoms with Crippen LogP contribution in [0.3, 0.4) is 0 Å². The number of carbonyl (C=O) groups excluding carboxylic acids is 1. The standard InChI is InChI=1S/C15H15FN2OS/c1-9-8-10(6-7-11(9)16)14(19)18-15-17-12-4-2-3-5-13(12)20-15/h6-8H,2-5H2,1H3,(H,17,18,19). The number of halogens is 1. The molecule has 0 saturated heterocycles. The van der Waals surface area contributed by atoms with E-state index in [1.807, 2.05) is 0 Å². The Balaban J connectivity index is 1.78. The molecule has 1 aromatic carbocycles. The van der Waals surface area contributed by atoms with E-state index in [4.69, 9.17) is 0 Å². The highest BCUT2D eigenvalue weighted by atomic mass is 32.1. The maximum absolute atomic E-state index is 13.2. The van der Waals surface area contributed by atoms with Gasteiger partial charge in [0.2, 0.25) is 0 Å². The normalized spacial score (nSPS) is 13.9. The Morgan fingerprint density at radius 2 is 2.15 bits per heavy atom. The van der Waals surface area contributed by atoms with Gasteiger partial charge in [0.25, 0.3) is 5.91 Å². The van der Waals surface area contributed by atoms with Crippen LogP contribution in [0, 0.1) is 12.7 Å². The monoisotopic (exact) mass is 290 g/mol. The predicted octanol–water partition coefficient (Wildman–Crippen LogP) is 3.72. The van der Waals surface area contributed by atoms with E-state index in [1.165, 1.54) is 29.9 Å². The van der Waals surface area contributed by atoms with E-state index in [0.29, 0.717) is 16.3 Å². The zero-order valence-electron chi connectivity index (χ0n) is 11.2. The van der Waals surface area contributed by atoms with Crippen molar-refractivity contribution in [2.24, 2.45) is 0 Å². The molecule has 5 heteroatoms. The number of benzene rings is 1. The molecule has 20 heavy (non-hydrogen) atoms. The van der Waals surface area contributed by atoms with Gasteiger partial charge in [0.15, 0.2) is 5.13 Å². The van der Waals surface area contributed by atoms with Crippen LogP contribution in [-0.4, -0.2) is 10.9 Å². The van der Waals surface area contributed by atoms with E-state index in [0.717, 1.165) is 18.5 Å². The first-order valence-corrected chi connectivity index (χ1v) is 7.51. The van der Waals surface area contributed by atoms with Crippen molar-refractivity contribution in [2.45, 2.75) is 32.6 Å². The largest absolute Gasteiger partial charge is 0.298 e. The number of carbonyl (C=O) groups is 1. The van der Waals surface area contributed by atoms with Crippen LogP contribution >= 0.6 is 11.3 Å². The molecule has 1 aromatic heterocycles. The fourth-order valence-corrected chi connectivity index (χ4v) is 3.41. The van der Waals surface area contributed by atoms with E-state index in [-0.39, 0.29) is 11.7 Å². The van der Waals surface area contributed by atoms with Gasteiger partial charge in [0.1, 0.15) is 5.82 Å². The molecule has 1 aliphatic carbocycles. The van der Waals surface area contributed by atoms with Gasteiger partial charge in [-0.3, -0.25) is 10.1 Å². The summed E-state index contributed by atoms with van der Waals surface area (Å²) in [5, 5.41) is 3.45. The molecular weight excluding hydrogens is 275 g/mol. The Bertz CT molecular complexity index is 642. The van der Waals surface area contributed by atoms with Crippen molar-refractivity contribution in [3.05, 3.63) is 45.7 Å². The topological polar surface area (TPSA) is 42.0 Å². The van der Waals surface area contributed by atoms with Gasteiger partial charge in [-0.05, 0) is 56.4 Å². The molecule has 0 fully saturated rings.